The van der Waals surface area contributed by atoms with Gasteiger partial charge in [0.2, 0.25) is 0 Å². The van der Waals surface area contributed by atoms with E-state index < -0.39 is 9.84 Å². The average Bonchev–Trinajstić information content (AvgIpc) is 2.74. The molecule has 0 bridgehead atoms. The molecule has 0 aliphatic carbocycles. The first kappa shape index (κ1) is 14.5. The SMILES string of the molecule is CC(C)Cn1ncnc1CNC1CCS(=O)(=O)CC1. The predicted molar refractivity (Wildman–Crippen MR) is 73.4 cm³/mol. The van der Waals surface area contributed by atoms with E-state index in [1.165, 1.54) is 0 Å². The molecule has 1 aromatic rings. The van der Waals surface area contributed by atoms with Gasteiger partial charge in [0.1, 0.15) is 22.0 Å². The fraction of sp³-hybridized carbons (Fsp3) is 0.833. The van der Waals surface area contributed by atoms with E-state index in [1.807, 2.05) is 4.68 Å². The first-order valence-electron chi connectivity index (χ1n) is 6.77. The quantitative estimate of drug-likeness (QED) is 0.858. The minimum Gasteiger partial charge on any atom is -0.307 e. The summed E-state index contributed by atoms with van der Waals surface area (Å²) in [5, 5.41) is 7.60. The normalized spacial score (nSPS) is 19.9. The van der Waals surface area contributed by atoms with Crippen molar-refractivity contribution in [3.05, 3.63) is 12.2 Å². The molecule has 0 unspecified atom stereocenters. The van der Waals surface area contributed by atoms with Gasteiger partial charge in [-0.05, 0) is 18.8 Å². The van der Waals surface area contributed by atoms with Crippen LogP contribution in [0.1, 0.15) is 32.5 Å². The van der Waals surface area contributed by atoms with Crippen LogP contribution in [0.25, 0.3) is 0 Å². The maximum atomic E-state index is 11.4. The van der Waals surface area contributed by atoms with Crippen molar-refractivity contribution in [3.8, 4) is 0 Å². The lowest BCUT2D eigenvalue weighted by atomic mass is 10.1. The monoisotopic (exact) mass is 286 g/mol. The van der Waals surface area contributed by atoms with Crippen LogP contribution in [0.5, 0.6) is 0 Å². The zero-order valence-corrected chi connectivity index (χ0v) is 12.4. The van der Waals surface area contributed by atoms with Crippen LogP contribution in [0.4, 0.5) is 0 Å². The molecule has 1 fully saturated rings. The van der Waals surface area contributed by atoms with Gasteiger partial charge in [-0.1, -0.05) is 13.8 Å². The lowest BCUT2D eigenvalue weighted by Crippen LogP contribution is -2.37. The Morgan fingerprint density at radius 1 is 1.42 bits per heavy atom. The molecular weight excluding hydrogens is 264 g/mol. The highest BCUT2D eigenvalue weighted by molar-refractivity contribution is 7.91. The van der Waals surface area contributed by atoms with Crippen LogP contribution >= 0.6 is 0 Å². The first-order valence-corrected chi connectivity index (χ1v) is 8.59. The molecule has 0 aromatic carbocycles. The number of nitrogens with one attached hydrogen (secondary N) is 1. The van der Waals surface area contributed by atoms with Gasteiger partial charge < -0.3 is 5.32 Å². The fourth-order valence-corrected chi connectivity index (χ4v) is 3.74. The second-order valence-electron chi connectivity index (χ2n) is 5.56. The topological polar surface area (TPSA) is 76.9 Å². The molecule has 19 heavy (non-hydrogen) atoms. The molecule has 1 aliphatic rings. The third-order valence-corrected chi connectivity index (χ3v) is 5.05. The average molecular weight is 286 g/mol. The molecule has 6 nitrogen and oxygen atoms in total. The van der Waals surface area contributed by atoms with Gasteiger partial charge >= 0.3 is 0 Å². The van der Waals surface area contributed by atoms with Crippen LogP contribution in [-0.2, 0) is 22.9 Å². The lowest BCUT2D eigenvalue weighted by molar-refractivity contribution is 0.425. The van der Waals surface area contributed by atoms with Crippen molar-refractivity contribution in [3.63, 3.8) is 0 Å². The van der Waals surface area contributed by atoms with E-state index in [0.29, 0.717) is 36.8 Å². The van der Waals surface area contributed by atoms with Gasteiger partial charge in [-0.2, -0.15) is 5.10 Å². The van der Waals surface area contributed by atoms with E-state index >= 15 is 0 Å². The van der Waals surface area contributed by atoms with Crippen molar-refractivity contribution < 1.29 is 8.42 Å². The summed E-state index contributed by atoms with van der Waals surface area (Å²) in [4.78, 5) is 4.25. The molecule has 0 saturated carbocycles. The van der Waals surface area contributed by atoms with E-state index in [9.17, 15) is 8.42 Å². The van der Waals surface area contributed by atoms with Crippen molar-refractivity contribution in [2.24, 2.45) is 5.92 Å². The Balaban J connectivity index is 1.84. The first-order chi connectivity index (χ1) is 8.96. The van der Waals surface area contributed by atoms with Crippen molar-refractivity contribution >= 4 is 9.84 Å². The Morgan fingerprint density at radius 2 is 2.11 bits per heavy atom. The second kappa shape index (κ2) is 6.00. The number of hydrogen-bond donors (Lipinski definition) is 1. The molecule has 108 valence electrons. The molecule has 2 heterocycles. The summed E-state index contributed by atoms with van der Waals surface area (Å²) in [7, 11) is -2.79. The second-order valence-corrected chi connectivity index (χ2v) is 7.86. The Hall–Kier alpha value is -0.950. The van der Waals surface area contributed by atoms with Crippen LogP contribution in [0.2, 0.25) is 0 Å². The van der Waals surface area contributed by atoms with Crippen molar-refractivity contribution in [1.29, 1.82) is 0 Å². The van der Waals surface area contributed by atoms with E-state index in [4.69, 9.17) is 0 Å². The molecule has 1 saturated heterocycles. The minimum absolute atomic E-state index is 0.271. The standard InChI is InChI=1S/C12H22N4O2S/c1-10(2)8-16-12(14-9-15-16)7-13-11-3-5-19(17,18)6-4-11/h9-11,13H,3-8H2,1-2H3. The highest BCUT2D eigenvalue weighted by Gasteiger charge is 2.23. The third-order valence-electron chi connectivity index (χ3n) is 3.34. The molecule has 1 aromatic heterocycles. The van der Waals surface area contributed by atoms with Crippen molar-refractivity contribution in [2.45, 2.75) is 45.8 Å². The number of nitrogens with zero attached hydrogens (tertiary/aromatic N) is 3. The molecule has 0 spiro atoms. The van der Waals surface area contributed by atoms with Gasteiger partial charge in [-0.15, -0.1) is 0 Å². The summed E-state index contributed by atoms with van der Waals surface area (Å²) < 4.78 is 24.6. The largest absolute Gasteiger partial charge is 0.307 e. The summed E-state index contributed by atoms with van der Waals surface area (Å²) in [6.07, 6.45) is 2.96. The Labute approximate surface area is 114 Å². The number of rotatable bonds is 5. The van der Waals surface area contributed by atoms with Crippen LogP contribution in [0.3, 0.4) is 0 Å². The van der Waals surface area contributed by atoms with Crippen molar-refractivity contribution in [2.75, 3.05) is 11.5 Å². The van der Waals surface area contributed by atoms with Crippen LogP contribution in [0, 0.1) is 5.92 Å². The van der Waals surface area contributed by atoms with E-state index in [2.05, 4.69) is 29.2 Å². The third kappa shape index (κ3) is 4.28. The summed E-state index contributed by atoms with van der Waals surface area (Å²) >= 11 is 0. The maximum Gasteiger partial charge on any atom is 0.150 e. The van der Waals surface area contributed by atoms with E-state index in [1.54, 1.807) is 6.33 Å². The summed E-state index contributed by atoms with van der Waals surface area (Å²) in [6.45, 7) is 5.79. The number of sulfone groups is 1. The fourth-order valence-electron chi connectivity index (χ4n) is 2.25. The van der Waals surface area contributed by atoms with Gasteiger partial charge in [0.15, 0.2) is 0 Å². The minimum atomic E-state index is -2.79. The van der Waals surface area contributed by atoms with Crippen LogP contribution < -0.4 is 5.32 Å². The van der Waals surface area contributed by atoms with E-state index in [0.717, 1.165) is 12.4 Å². The molecule has 2 rings (SSSR count). The Kier molecular flexibility index (Phi) is 4.57. The van der Waals surface area contributed by atoms with Crippen LogP contribution in [-0.4, -0.2) is 40.7 Å². The predicted octanol–water partition coefficient (Wildman–Crippen LogP) is 0.601. The summed E-state index contributed by atoms with van der Waals surface area (Å²) in [6, 6.07) is 0.271. The van der Waals surface area contributed by atoms with Crippen LogP contribution in [0.15, 0.2) is 6.33 Å². The number of hydrogen-bond acceptors (Lipinski definition) is 5. The highest BCUT2D eigenvalue weighted by atomic mass is 32.2. The zero-order chi connectivity index (χ0) is 13.9. The molecule has 0 amide bonds. The van der Waals surface area contributed by atoms with Gasteiger partial charge in [0, 0.05) is 12.6 Å². The highest BCUT2D eigenvalue weighted by Crippen LogP contribution is 2.12. The molecule has 0 atom stereocenters. The lowest BCUT2D eigenvalue weighted by Gasteiger charge is -2.23. The smallest absolute Gasteiger partial charge is 0.150 e. The maximum absolute atomic E-state index is 11.4. The van der Waals surface area contributed by atoms with Gasteiger partial charge in [-0.25, -0.2) is 18.1 Å². The molecule has 1 N–H and O–H groups in total. The van der Waals surface area contributed by atoms with Crippen molar-refractivity contribution in [1.82, 2.24) is 20.1 Å². The molecule has 7 heteroatoms. The Bertz CT molecular complexity index is 496. The molecule has 1 aliphatic heterocycles. The summed E-state index contributed by atoms with van der Waals surface area (Å²) in [5.74, 6) is 2.04. The molecule has 0 radical (unpaired) electrons. The van der Waals surface area contributed by atoms with Gasteiger partial charge in [0.05, 0.1) is 18.1 Å². The van der Waals surface area contributed by atoms with E-state index in [-0.39, 0.29) is 6.04 Å². The number of aromatic nitrogens is 3. The zero-order valence-electron chi connectivity index (χ0n) is 11.5. The Morgan fingerprint density at radius 3 is 2.74 bits per heavy atom. The van der Waals surface area contributed by atoms with Gasteiger partial charge in [-0.3, -0.25) is 0 Å². The molecular formula is C12H22N4O2S. The summed E-state index contributed by atoms with van der Waals surface area (Å²) in [5.41, 5.74) is 0. The van der Waals surface area contributed by atoms with Gasteiger partial charge in [0.25, 0.3) is 0 Å².